The van der Waals surface area contributed by atoms with Gasteiger partial charge in [-0.3, -0.25) is 9.59 Å². The molecule has 1 saturated heterocycles. The number of thiophene rings is 1. The molecule has 3 rings (SSSR count). The Labute approximate surface area is 136 Å². The molecule has 2 heterocycles. The highest BCUT2D eigenvalue weighted by molar-refractivity contribution is 7.20. The monoisotopic (exact) mass is 338 g/mol. The molecule has 0 spiro atoms. The smallest absolute Gasteiger partial charge is 0.264 e. The summed E-state index contributed by atoms with van der Waals surface area (Å²) in [5.41, 5.74) is 0. The second kappa shape index (κ2) is 6.24. The third kappa shape index (κ3) is 2.82. The molecule has 5 nitrogen and oxygen atoms in total. The predicted octanol–water partition coefficient (Wildman–Crippen LogP) is 2.14. The van der Waals surface area contributed by atoms with Crippen molar-refractivity contribution in [1.29, 1.82) is 0 Å². The van der Waals surface area contributed by atoms with E-state index in [9.17, 15) is 9.59 Å². The van der Waals surface area contributed by atoms with Crippen LogP contribution in [0.4, 0.5) is 0 Å². The maximum Gasteiger partial charge on any atom is 0.264 e. The van der Waals surface area contributed by atoms with Gasteiger partial charge in [0.05, 0.1) is 11.5 Å². The molecular weight excluding hydrogens is 324 g/mol. The van der Waals surface area contributed by atoms with E-state index in [4.69, 9.17) is 16.3 Å². The quantitative estimate of drug-likeness (QED) is 0.932. The average molecular weight is 339 g/mol. The lowest BCUT2D eigenvalue weighted by Gasteiger charge is -2.34. The van der Waals surface area contributed by atoms with E-state index in [2.05, 4.69) is 5.32 Å². The maximum absolute atomic E-state index is 12.8. The number of halogens is 1. The molecule has 2 amide bonds. The molecule has 7 heteroatoms. The fraction of sp³-hybridized carbons (Fsp3) is 0.333. The molecule has 0 aliphatic carbocycles. The fourth-order valence-electron chi connectivity index (χ4n) is 2.53. The summed E-state index contributed by atoms with van der Waals surface area (Å²) in [5, 5.41) is 4.38. The van der Waals surface area contributed by atoms with Crippen LogP contribution < -0.4 is 5.32 Å². The van der Waals surface area contributed by atoms with E-state index >= 15 is 0 Å². The van der Waals surface area contributed by atoms with Crippen molar-refractivity contribution in [3.8, 4) is 0 Å². The Morgan fingerprint density at radius 1 is 1.50 bits per heavy atom. The molecular formula is C15H15ClN2O3S. The van der Waals surface area contributed by atoms with Gasteiger partial charge in [-0.2, -0.15) is 0 Å². The van der Waals surface area contributed by atoms with Crippen LogP contribution in [0, 0.1) is 0 Å². The van der Waals surface area contributed by atoms with Crippen molar-refractivity contribution >= 4 is 44.8 Å². The largest absolute Gasteiger partial charge is 0.382 e. The number of carbonyl (C=O) groups excluding carboxylic acids is 2. The number of piperazine rings is 1. The van der Waals surface area contributed by atoms with Gasteiger partial charge in [-0.15, -0.1) is 11.3 Å². The summed E-state index contributed by atoms with van der Waals surface area (Å²) >= 11 is 7.37. The summed E-state index contributed by atoms with van der Waals surface area (Å²) < 4.78 is 6.03. The van der Waals surface area contributed by atoms with Crippen LogP contribution in [-0.2, 0) is 9.53 Å². The third-order valence-corrected chi connectivity index (χ3v) is 4.93. The Kier molecular flexibility index (Phi) is 4.33. The van der Waals surface area contributed by atoms with Crippen LogP contribution in [0.3, 0.4) is 0 Å². The summed E-state index contributed by atoms with van der Waals surface area (Å²) in [5.74, 6) is -0.320. The first-order valence-electron chi connectivity index (χ1n) is 6.87. The Morgan fingerprint density at radius 3 is 3.09 bits per heavy atom. The minimum atomic E-state index is -0.583. The molecule has 1 aromatic carbocycles. The van der Waals surface area contributed by atoms with Crippen LogP contribution >= 0.6 is 22.9 Å². The molecule has 2 aromatic rings. The van der Waals surface area contributed by atoms with Gasteiger partial charge in [0, 0.05) is 29.9 Å². The minimum absolute atomic E-state index is 0.144. The number of nitrogens with zero attached hydrogens (tertiary/aromatic N) is 1. The lowest BCUT2D eigenvalue weighted by molar-refractivity contribution is -0.129. The molecule has 1 aliphatic rings. The number of nitrogens with one attached hydrogen (secondary N) is 1. The molecule has 0 saturated carbocycles. The van der Waals surface area contributed by atoms with Gasteiger partial charge in [0.25, 0.3) is 5.91 Å². The molecule has 1 atom stereocenters. The van der Waals surface area contributed by atoms with E-state index in [1.54, 1.807) is 11.0 Å². The van der Waals surface area contributed by atoms with Crippen molar-refractivity contribution in [2.24, 2.45) is 0 Å². The first-order valence-corrected chi connectivity index (χ1v) is 8.06. The van der Waals surface area contributed by atoms with E-state index in [1.165, 1.54) is 18.4 Å². The Bertz CT molecular complexity index is 731. The summed E-state index contributed by atoms with van der Waals surface area (Å²) in [6.45, 7) is 1.13. The summed E-state index contributed by atoms with van der Waals surface area (Å²) in [6, 6.07) is 6.79. The van der Waals surface area contributed by atoms with E-state index in [1.807, 2.05) is 18.2 Å². The van der Waals surface area contributed by atoms with Crippen molar-refractivity contribution < 1.29 is 14.3 Å². The van der Waals surface area contributed by atoms with Gasteiger partial charge < -0.3 is 15.0 Å². The zero-order valence-electron chi connectivity index (χ0n) is 12.0. The molecule has 22 heavy (non-hydrogen) atoms. The van der Waals surface area contributed by atoms with Crippen molar-refractivity contribution in [3.63, 3.8) is 0 Å². The highest BCUT2D eigenvalue weighted by Gasteiger charge is 2.34. The van der Waals surface area contributed by atoms with Crippen molar-refractivity contribution in [3.05, 3.63) is 34.2 Å². The normalized spacial score (nSPS) is 18.5. The Morgan fingerprint density at radius 2 is 2.32 bits per heavy atom. The highest BCUT2D eigenvalue weighted by Crippen LogP contribution is 2.29. The first kappa shape index (κ1) is 15.3. The lowest BCUT2D eigenvalue weighted by atomic mass is 10.1. The zero-order chi connectivity index (χ0) is 15.7. The number of ether oxygens (including phenoxy) is 1. The van der Waals surface area contributed by atoms with E-state index in [0.29, 0.717) is 23.0 Å². The molecule has 0 bridgehead atoms. The van der Waals surface area contributed by atoms with Gasteiger partial charge in [-0.25, -0.2) is 0 Å². The van der Waals surface area contributed by atoms with Crippen molar-refractivity contribution in [1.82, 2.24) is 10.2 Å². The molecule has 1 aromatic heterocycles. The number of methoxy groups -OCH3 is 1. The lowest BCUT2D eigenvalue weighted by Crippen LogP contribution is -2.58. The zero-order valence-corrected chi connectivity index (χ0v) is 13.5. The van der Waals surface area contributed by atoms with E-state index in [-0.39, 0.29) is 18.4 Å². The Hall–Kier alpha value is -1.63. The van der Waals surface area contributed by atoms with Crippen LogP contribution in [0.2, 0.25) is 5.02 Å². The van der Waals surface area contributed by atoms with Crippen LogP contribution in [0.1, 0.15) is 9.67 Å². The van der Waals surface area contributed by atoms with E-state index < -0.39 is 6.04 Å². The number of fused-ring (bicyclic) bond motifs is 1. The number of hydrogen-bond donors (Lipinski definition) is 1. The van der Waals surface area contributed by atoms with Gasteiger partial charge in [-0.05, 0) is 23.6 Å². The SMILES string of the molecule is COC[C@H]1C(=O)NCCN1C(=O)c1cc2ccc(Cl)cc2s1. The molecule has 1 aliphatic heterocycles. The van der Waals surface area contributed by atoms with Crippen LogP contribution in [-0.4, -0.2) is 49.6 Å². The standard InChI is InChI=1S/C15H15ClN2O3S/c1-21-8-11-14(19)17-4-5-18(11)15(20)13-6-9-2-3-10(16)7-12(9)22-13/h2-3,6-7,11H,4-5,8H2,1H3,(H,17,19)/t11-/m0/s1. The Balaban J connectivity index is 1.91. The molecule has 116 valence electrons. The van der Waals surface area contributed by atoms with Crippen molar-refractivity contribution in [2.45, 2.75) is 6.04 Å². The number of carbonyl (C=O) groups is 2. The summed E-state index contributed by atoms with van der Waals surface area (Å²) in [4.78, 5) is 26.9. The minimum Gasteiger partial charge on any atom is -0.382 e. The number of amides is 2. The fourth-order valence-corrected chi connectivity index (χ4v) is 3.83. The van der Waals surface area contributed by atoms with Crippen LogP contribution in [0.25, 0.3) is 10.1 Å². The molecule has 0 radical (unpaired) electrons. The van der Waals surface area contributed by atoms with Gasteiger partial charge in [0.2, 0.25) is 5.91 Å². The summed E-state index contributed by atoms with van der Waals surface area (Å²) in [6.07, 6.45) is 0. The van der Waals surface area contributed by atoms with Crippen molar-refractivity contribution in [2.75, 3.05) is 26.8 Å². The van der Waals surface area contributed by atoms with Gasteiger partial charge in [0.15, 0.2) is 0 Å². The predicted molar refractivity (Wildman–Crippen MR) is 86.5 cm³/mol. The second-order valence-corrected chi connectivity index (χ2v) is 6.57. The van der Waals surface area contributed by atoms with Crippen LogP contribution in [0.15, 0.2) is 24.3 Å². The average Bonchev–Trinajstić information content (AvgIpc) is 2.91. The number of hydrogen-bond acceptors (Lipinski definition) is 4. The maximum atomic E-state index is 12.8. The second-order valence-electron chi connectivity index (χ2n) is 5.05. The molecule has 1 N–H and O–H groups in total. The highest BCUT2D eigenvalue weighted by atomic mass is 35.5. The number of benzene rings is 1. The molecule has 0 unspecified atom stereocenters. The van der Waals surface area contributed by atoms with Gasteiger partial charge in [0.1, 0.15) is 6.04 Å². The van der Waals surface area contributed by atoms with Gasteiger partial charge >= 0.3 is 0 Å². The summed E-state index contributed by atoms with van der Waals surface area (Å²) in [7, 11) is 1.52. The van der Waals surface area contributed by atoms with Gasteiger partial charge in [-0.1, -0.05) is 17.7 Å². The van der Waals surface area contributed by atoms with Crippen LogP contribution in [0.5, 0.6) is 0 Å². The first-order chi connectivity index (χ1) is 10.6. The van der Waals surface area contributed by atoms with E-state index in [0.717, 1.165) is 10.1 Å². The molecule has 1 fully saturated rings. The topological polar surface area (TPSA) is 58.6 Å². The third-order valence-electron chi connectivity index (χ3n) is 3.61. The number of rotatable bonds is 3.